The summed E-state index contributed by atoms with van der Waals surface area (Å²) in [5.74, 6) is 0.130. The van der Waals surface area contributed by atoms with E-state index in [1.54, 1.807) is 11.3 Å². The molecule has 0 unspecified atom stereocenters. The van der Waals surface area contributed by atoms with Gasteiger partial charge in [-0.2, -0.15) is 0 Å². The van der Waals surface area contributed by atoms with Crippen LogP contribution in [0.15, 0.2) is 53.9 Å². The third-order valence-corrected chi connectivity index (χ3v) is 4.66. The molecule has 0 N–H and O–H groups in total. The monoisotopic (exact) mass is 336 g/mol. The van der Waals surface area contributed by atoms with E-state index in [-0.39, 0.29) is 5.78 Å². The van der Waals surface area contributed by atoms with Crippen molar-refractivity contribution in [2.24, 2.45) is 0 Å². The lowest BCUT2D eigenvalue weighted by atomic mass is 10.0. The van der Waals surface area contributed by atoms with Gasteiger partial charge in [-0.15, -0.1) is 11.3 Å². The summed E-state index contributed by atoms with van der Waals surface area (Å²) < 4.78 is 0. The van der Waals surface area contributed by atoms with Crippen molar-refractivity contribution in [3.8, 4) is 11.3 Å². The first-order chi connectivity index (χ1) is 11.5. The molecule has 3 aromatic rings. The maximum absolute atomic E-state index is 12.6. The van der Waals surface area contributed by atoms with Crippen LogP contribution >= 0.6 is 11.3 Å². The van der Waals surface area contributed by atoms with Crippen LogP contribution in [0.3, 0.4) is 0 Å². The van der Waals surface area contributed by atoms with Gasteiger partial charge in [0.25, 0.3) is 0 Å². The fraction of sp³-hybridized carbons (Fsp3) is 0.200. The number of benzene rings is 2. The Bertz CT molecular complexity index is 867. The number of aromatic nitrogens is 1. The number of rotatable bonds is 5. The molecule has 0 saturated heterocycles. The summed E-state index contributed by atoms with van der Waals surface area (Å²) in [5, 5.41) is 3.10. The van der Waals surface area contributed by atoms with Gasteiger partial charge in [-0.1, -0.05) is 30.3 Å². The molecule has 1 heterocycles. The van der Waals surface area contributed by atoms with E-state index in [0.717, 1.165) is 33.1 Å². The van der Waals surface area contributed by atoms with Crippen molar-refractivity contribution < 1.29 is 4.79 Å². The number of Topliss-reactive ketones (excluding diaryl/α,β-unsaturated/α-hetero) is 1. The van der Waals surface area contributed by atoms with Crippen LogP contribution in [-0.2, 0) is 6.42 Å². The van der Waals surface area contributed by atoms with E-state index >= 15 is 0 Å². The number of aryl methyl sites for hydroxylation is 1. The SMILES string of the molecule is Cc1nc(-c2cccc(CC(=O)c3cccc(N(C)C)c3)c2)cs1. The number of hydrogen-bond donors (Lipinski definition) is 0. The van der Waals surface area contributed by atoms with Crippen LogP contribution in [-0.4, -0.2) is 24.9 Å². The van der Waals surface area contributed by atoms with E-state index in [4.69, 9.17) is 0 Å². The first-order valence-electron chi connectivity index (χ1n) is 7.85. The third kappa shape index (κ3) is 3.71. The summed E-state index contributed by atoms with van der Waals surface area (Å²) in [6, 6.07) is 15.8. The molecule has 3 nitrogen and oxygen atoms in total. The standard InChI is InChI=1S/C20H20N2OS/c1-14-21-19(13-24-14)16-7-4-6-15(10-16)11-20(23)17-8-5-9-18(12-17)22(2)3/h4-10,12-13H,11H2,1-3H3. The topological polar surface area (TPSA) is 33.2 Å². The van der Waals surface area contributed by atoms with E-state index < -0.39 is 0 Å². The van der Waals surface area contributed by atoms with E-state index in [9.17, 15) is 4.79 Å². The van der Waals surface area contributed by atoms with Gasteiger partial charge >= 0.3 is 0 Å². The fourth-order valence-electron chi connectivity index (χ4n) is 2.58. The van der Waals surface area contributed by atoms with Crippen LogP contribution in [0.4, 0.5) is 5.69 Å². The maximum Gasteiger partial charge on any atom is 0.167 e. The molecular weight excluding hydrogens is 316 g/mol. The molecule has 0 radical (unpaired) electrons. The Balaban J connectivity index is 1.81. The largest absolute Gasteiger partial charge is 0.378 e. The van der Waals surface area contributed by atoms with Crippen LogP contribution in [0, 0.1) is 6.92 Å². The average molecular weight is 336 g/mol. The van der Waals surface area contributed by atoms with E-state index in [1.165, 1.54) is 0 Å². The molecule has 24 heavy (non-hydrogen) atoms. The number of carbonyl (C=O) groups excluding carboxylic acids is 1. The first kappa shape index (κ1) is 16.4. The molecule has 0 amide bonds. The fourth-order valence-corrected chi connectivity index (χ4v) is 3.20. The summed E-state index contributed by atoms with van der Waals surface area (Å²) in [6.45, 7) is 2.00. The highest BCUT2D eigenvalue weighted by Crippen LogP contribution is 2.23. The number of anilines is 1. The summed E-state index contributed by atoms with van der Waals surface area (Å²) >= 11 is 1.64. The molecule has 0 bridgehead atoms. The van der Waals surface area contributed by atoms with Gasteiger partial charge in [-0.05, 0) is 30.7 Å². The van der Waals surface area contributed by atoms with Crippen molar-refractivity contribution in [2.75, 3.05) is 19.0 Å². The Kier molecular flexibility index (Phi) is 4.76. The molecule has 0 atom stereocenters. The van der Waals surface area contributed by atoms with Gasteiger partial charge in [-0.3, -0.25) is 4.79 Å². The Morgan fingerprint density at radius 1 is 1.12 bits per heavy atom. The predicted molar refractivity (Wildman–Crippen MR) is 101 cm³/mol. The predicted octanol–water partition coefficient (Wildman–Crippen LogP) is 4.61. The lowest BCUT2D eigenvalue weighted by molar-refractivity contribution is 0.0993. The van der Waals surface area contributed by atoms with E-state index in [2.05, 4.69) is 16.4 Å². The highest BCUT2D eigenvalue weighted by molar-refractivity contribution is 7.09. The second-order valence-electron chi connectivity index (χ2n) is 6.00. The van der Waals surface area contributed by atoms with Crippen LogP contribution in [0.2, 0.25) is 0 Å². The zero-order valence-electron chi connectivity index (χ0n) is 14.1. The van der Waals surface area contributed by atoms with Crippen molar-refractivity contribution in [3.05, 3.63) is 70.0 Å². The van der Waals surface area contributed by atoms with Gasteiger partial charge in [0.05, 0.1) is 10.7 Å². The molecule has 2 aromatic carbocycles. The zero-order valence-corrected chi connectivity index (χ0v) is 14.9. The van der Waals surface area contributed by atoms with Gasteiger partial charge in [0, 0.05) is 42.7 Å². The van der Waals surface area contributed by atoms with Gasteiger partial charge in [0.1, 0.15) is 0 Å². The zero-order chi connectivity index (χ0) is 17.1. The van der Waals surface area contributed by atoms with Crippen LogP contribution in [0.5, 0.6) is 0 Å². The normalized spacial score (nSPS) is 10.6. The molecular formula is C20H20N2OS. The highest BCUT2D eigenvalue weighted by Gasteiger charge is 2.10. The van der Waals surface area contributed by atoms with Crippen LogP contribution in [0.25, 0.3) is 11.3 Å². The quantitative estimate of drug-likeness (QED) is 0.638. The molecule has 4 heteroatoms. The molecule has 3 rings (SSSR count). The summed E-state index contributed by atoms with van der Waals surface area (Å²) in [6.07, 6.45) is 0.397. The molecule has 0 aliphatic carbocycles. The Morgan fingerprint density at radius 2 is 1.92 bits per heavy atom. The summed E-state index contributed by atoms with van der Waals surface area (Å²) in [7, 11) is 3.95. The minimum absolute atomic E-state index is 0.130. The van der Waals surface area contributed by atoms with Gasteiger partial charge in [0.15, 0.2) is 5.78 Å². The average Bonchev–Trinajstić information content (AvgIpc) is 3.02. The highest BCUT2D eigenvalue weighted by atomic mass is 32.1. The molecule has 1 aromatic heterocycles. The lowest BCUT2D eigenvalue weighted by Crippen LogP contribution is -2.10. The Morgan fingerprint density at radius 3 is 2.62 bits per heavy atom. The first-order valence-corrected chi connectivity index (χ1v) is 8.73. The smallest absolute Gasteiger partial charge is 0.167 e. The van der Waals surface area contributed by atoms with Crippen LogP contribution < -0.4 is 4.90 Å². The van der Waals surface area contributed by atoms with Gasteiger partial charge in [0.2, 0.25) is 0 Å². The molecule has 0 saturated carbocycles. The number of hydrogen-bond acceptors (Lipinski definition) is 4. The minimum atomic E-state index is 0.130. The van der Waals surface area contributed by atoms with E-state index in [1.807, 2.05) is 68.4 Å². The Hall–Kier alpha value is -2.46. The van der Waals surface area contributed by atoms with Crippen LogP contribution in [0.1, 0.15) is 20.9 Å². The van der Waals surface area contributed by atoms with E-state index in [0.29, 0.717) is 6.42 Å². The summed E-state index contributed by atoms with van der Waals surface area (Å²) in [4.78, 5) is 19.1. The third-order valence-electron chi connectivity index (χ3n) is 3.89. The Labute approximate surface area is 146 Å². The van der Waals surface area contributed by atoms with Gasteiger partial charge in [-0.25, -0.2) is 4.98 Å². The van der Waals surface area contributed by atoms with Crippen molar-refractivity contribution >= 4 is 22.8 Å². The molecule has 0 aliphatic rings. The number of ketones is 1. The second-order valence-corrected chi connectivity index (χ2v) is 7.06. The summed E-state index contributed by atoms with van der Waals surface area (Å²) in [5.41, 5.74) is 4.83. The number of thiazole rings is 1. The van der Waals surface area contributed by atoms with Gasteiger partial charge < -0.3 is 4.90 Å². The molecule has 0 spiro atoms. The lowest BCUT2D eigenvalue weighted by Gasteiger charge is -2.13. The number of carbonyl (C=O) groups is 1. The minimum Gasteiger partial charge on any atom is -0.378 e. The van der Waals surface area contributed by atoms with Crippen molar-refractivity contribution in [3.63, 3.8) is 0 Å². The second kappa shape index (κ2) is 6.97. The van der Waals surface area contributed by atoms with Crippen molar-refractivity contribution in [1.29, 1.82) is 0 Å². The maximum atomic E-state index is 12.6. The molecule has 0 aliphatic heterocycles. The molecule has 122 valence electrons. The molecule has 0 fully saturated rings. The number of nitrogens with zero attached hydrogens (tertiary/aromatic N) is 2. The van der Waals surface area contributed by atoms with Crippen molar-refractivity contribution in [2.45, 2.75) is 13.3 Å². The van der Waals surface area contributed by atoms with Crippen molar-refractivity contribution in [1.82, 2.24) is 4.98 Å².